The molecule has 1 aromatic carbocycles. The largest absolute Gasteiger partial charge is 0.390 e. The van der Waals surface area contributed by atoms with Gasteiger partial charge in [0.1, 0.15) is 0 Å². The first-order valence-electron chi connectivity index (χ1n) is 9.26. The summed E-state index contributed by atoms with van der Waals surface area (Å²) in [5, 5.41) is 19.9. The number of aromatic nitrogens is 4. The van der Waals surface area contributed by atoms with Crippen LogP contribution in [0.3, 0.4) is 0 Å². The zero-order chi connectivity index (χ0) is 19.4. The molecule has 3 aromatic rings. The summed E-state index contributed by atoms with van der Waals surface area (Å²) < 4.78 is 2.13. The number of aryl methyl sites for hydroxylation is 2. The van der Waals surface area contributed by atoms with Crippen LogP contribution in [0.25, 0.3) is 17.1 Å². The standard InChI is InChI=1S/C21H26N4OS/c1-5-15-9-7-10-16(6-2)18(15)25-19(17-11-8-12-22-13-17)23-24-20(25)27-14-21(3,4)26/h7-13,26H,5-6,14H2,1-4H3. The number of hydrogen-bond donors (Lipinski definition) is 1. The lowest BCUT2D eigenvalue weighted by Crippen LogP contribution is -2.22. The highest BCUT2D eigenvalue weighted by Crippen LogP contribution is 2.33. The highest BCUT2D eigenvalue weighted by molar-refractivity contribution is 7.99. The third-order valence-corrected chi connectivity index (χ3v) is 5.67. The molecule has 0 spiro atoms. The van der Waals surface area contributed by atoms with Gasteiger partial charge in [-0.25, -0.2) is 0 Å². The van der Waals surface area contributed by atoms with Crippen LogP contribution in [0.1, 0.15) is 38.8 Å². The Morgan fingerprint density at radius 1 is 1.04 bits per heavy atom. The monoisotopic (exact) mass is 382 g/mol. The van der Waals surface area contributed by atoms with Gasteiger partial charge >= 0.3 is 0 Å². The van der Waals surface area contributed by atoms with Gasteiger partial charge in [-0.3, -0.25) is 9.55 Å². The molecule has 0 saturated heterocycles. The van der Waals surface area contributed by atoms with E-state index in [-0.39, 0.29) is 0 Å². The van der Waals surface area contributed by atoms with Crippen molar-refractivity contribution in [1.82, 2.24) is 19.7 Å². The van der Waals surface area contributed by atoms with Gasteiger partial charge in [0.2, 0.25) is 0 Å². The van der Waals surface area contributed by atoms with Gasteiger partial charge in [-0.15, -0.1) is 10.2 Å². The van der Waals surface area contributed by atoms with E-state index in [9.17, 15) is 5.11 Å². The minimum absolute atomic E-state index is 0.536. The molecule has 27 heavy (non-hydrogen) atoms. The minimum atomic E-state index is -0.784. The third kappa shape index (κ3) is 4.39. The molecule has 3 rings (SSSR count). The van der Waals surface area contributed by atoms with Crippen molar-refractivity contribution in [2.45, 2.75) is 51.3 Å². The number of hydrogen-bond acceptors (Lipinski definition) is 5. The normalized spacial score (nSPS) is 11.7. The van der Waals surface area contributed by atoms with Crippen LogP contribution in [0.15, 0.2) is 47.9 Å². The Morgan fingerprint density at radius 2 is 1.74 bits per heavy atom. The maximum Gasteiger partial charge on any atom is 0.196 e. The molecule has 1 N–H and O–H groups in total. The minimum Gasteiger partial charge on any atom is -0.390 e. The number of aliphatic hydroxyl groups is 1. The van der Waals surface area contributed by atoms with Gasteiger partial charge in [-0.05, 0) is 49.9 Å². The first kappa shape index (κ1) is 19.6. The zero-order valence-corrected chi connectivity index (χ0v) is 17.1. The summed E-state index contributed by atoms with van der Waals surface area (Å²) in [4.78, 5) is 4.25. The average molecular weight is 383 g/mol. The van der Waals surface area contributed by atoms with E-state index in [4.69, 9.17) is 0 Å². The fourth-order valence-electron chi connectivity index (χ4n) is 2.99. The Bertz CT molecular complexity index is 878. The molecule has 0 unspecified atom stereocenters. The van der Waals surface area contributed by atoms with Gasteiger partial charge in [-0.1, -0.05) is 43.8 Å². The molecule has 2 heterocycles. The fraction of sp³-hybridized carbons (Fsp3) is 0.381. The van der Waals surface area contributed by atoms with Crippen LogP contribution in [0.5, 0.6) is 0 Å². The zero-order valence-electron chi connectivity index (χ0n) is 16.3. The SMILES string of the molecule is CCc1cccc(CC)c1-n1c(SCC(C)(C)O)nnc1-c1cccnc1. The molecule has 0 atom stereocenters. The summed E-state index contributed by atoms with van der Waals surface area (Å²) in [5.41, 5.74) is 3.79. The summed E-state index contributed by atoms with van der Waals surface area (Å²) in [6.45, 7) is 7.94. The van der Waals surface area contributed by atoms with Gasteiger partial charge in [0.25, 0.3) is 0 Å². The highest BCUT2D eigenvalue weighted by atomic mass is 32.2. The van der Waals surface area contributed by atoms with E-state index >= 15 is 0 Å². The smallest absolute Gasteiger partial charge is 0.196 e. The maximum atomic E-state index is 10.2. The molecule has 0 aliphatic rings. The second kappa shape index (κ2) is 8.23. The second-order valence-electron chi connectivity index (χ2n) is 7.12. The van der Waals surface area contributed by atoms with Crippen molar-refractivity contribution in [3.05, 3.63) is 53.9 Å². The first-order chi connectivity index (χ1) is 12.9. The number of benzene rings is 1. The van der Waals surface area contributed by atoms with Crippen LogP contribution in [0, 0.1) is 0 Å². The number of nitrogens with zero attached hydrogens (tertiary/aromatic N) is 4. The Morgan fingerprint density at radius 3 is 2.30 bits per heavy atom. The summed E-state index contributed by atoms with van der Waals surface area (Å²) in [5.74, 6) is 1.31. The molecule has 0 aliphatic carbocycles. The van der Waals surface area contributed by atoms with E-state index in [0.717, 1.165) is 35.1 Å². The number of thioether (sulfide) groups is 1. The van der Waals surface area contributed by atoms with E-state index in [2.05, 4.69) is 51.8 Å². The predicted octanol–water partition coefficient (Wildman–Crippen LogP) is 4.32. The fourth-order valence-corrected chi connectivity index (χ4v) is 3.88. The van der Waals surface area contributed by atoms with Gasteiger partial charge in [0.05, 0.1) is 11.3 Å². The van der Waals surface area contributed by atoms with E-state index in [1.165, 1.54) is 22.9 Å². The van der Waals surface area contributed by atoms with Crippen LogP contribution in [0.4, 0.5) is 0 Å². The molecule has 6 heteroatoms. The predicted molar refractivity (Wildman–Crippen MR) is 110 cm³/mol. The Balaban J connectivity index is 2.22. The van der Waals surface area contributed by atoms with Crippen molar-refractivity contribution < 1.29 is 5.11 Å². The second-order valence-corrected chi connectivity index (χ2v) is 8.06. The molecule has 0 fully saturated rings. The summed E-state index contributed by atoms with van der Waals surface area (Å²) >= 11 is 1.52. The van der Waals surface area contributed by atoms with Crippen molar-refractivity contribution >= 4 is 11.8 Å². The molecule has 2 aromatic heterocycles. The summed E-state index contributed by atoms with van der Waals surface area (Å²) in [6.07, 6.45) is 5.41. The van der Waals surface area contributed by atoms with Crippen LogP contribution >= 0.6 is 11.8 Å². The topological polar surface area (TPSA) is 63.8 Å². The van der Waals surface area contributed by atoms with Crippen LogP contribution in [-0.4, -0.2) is 36.2 Å². The van der Waals surface area contributed by atoms with Crippen molar-refractivity contribution in [1.29, 1.82) is 0 Å². The van der Waals surface area contributed by atoms with Gasteiger partial charge in [-0.2, -0.15) is 0 Å². The van der Waals surface area contributed by atoms with Crippen molar-refractivity contribution in [3.8, 4) is 17.1 Å². The van der Waals surface area contributed by atoms with E-state index in [1.54, 1.807) is 20.0 Å². The van der Waals surface area contributed by atoms with Gasteiger partial charge < -0.3 is 5.11 Å². The molecule has 5 nitrogen and oxygen atoms in total. The first-order valence-corrected chi connectivity index (χ1v) is 10.2. The van der Waals surface area contributed by atoms with Gasteiger partial charge in [0.15, 0.2) is 11.0 Å². The van der Waals surface area contributed by atoms with Crippen molar-refractivity contribution in [2.24, 2.45) is 0 Å². The molecule has 0 aliphatic heterocycles. The van der Waals surface area contributed by atoms with E-state index in [1.807, 2.05) is 18.3 Å². The maximum absolute atomic E-state index is 10.2. The number of rotatable bonds is 7. The van der Waals surface area contributed by atoms with Crippen molar-refractivity contribution in [3.63, 3.8) is 0 Å². The van der Waals surface area contributed by atoms with Crippen LogP contribution in [0.2, 0.25) is 0 Å². The molecule has 0 amide bonds. The summed E-state index contributed by atoms with van der Waals surface area (Å²) in [7, 11) is 0. The lowest BCUT2D eigenvalue weighted by molar-refractivity contribution is 0.107. The Hall–Kier alpha value is -2.18. The summed E-state index contributed by atoms with van der Waals surface area (Å²) in [6, 6.07) is 10.3. The lowest BCUT2D eigenvalue weighted by atomic mass is 10.0. The Labute approximate surface area is 164 Å². The van der Waals surface area contributed by atoms with E-state index in [0.29, 0.717) is 5.75 Å². The molecule has 0 radical (unpaired) electrons. The molecule has 142 valence electrons. The third-order valence-electron chi connectivity index (χ3n) is 4.30. The Kier molecular flexibility index (Phi) is 5.97. The quantitative estimate of drug-likeness (QED) is 0.617. The van der Waals surface area contributed by atoms with Gasteiger partial charge in [0, 0.05) is 23.7 Å². The van der Waals surface area contributed by atoms with Crippen molar-refractivity contribution in [2.75, 3.05) is 5.75 Å². The van der Waals surface area contributed by atoms with Crippen LogP contribution in [-0.2, 0) is 12.8 Å². The average Bonchev–Trinajstić information content (AvgIpc) is 3.09. The molecule has 0 bridgehead atoms. The number of para-hydroxylation sites is 1. The lowest BCUT2D eigenvalue weighted by Gasteiger charge is -2.19. The van der Waals surface area contributed by atoms with E-state index < -0.39 is 5.60 Å². The molecular weight excluding hydrogens is 356 g/mol. The van der Waals surface area contributed by atoms with Crippen LogP contribution < -0.4 is 0 Å². The molecular formula is C21H26N4OS. The highest BCUT2D eigenvalue weighted by Gasteiger charge is 2.22. The number of pyridine rings is 1. The molecule has 0 saturated carbocycles.